The van der Waals surface area contributed by atoms with Crippen LogP contribution in [0, 0.1) is 0 Å². The van der Waals surface area contributed by atoms with Crippen molar-refractivity contribution in [1.29, 1.82) is 0 Å². The number of hydrogen-bond acceptors (Lipinski definition) is 6. The van der Waals surface area contributed by atoms with Gasteiger partial charge in [0.15, 0.2) is 0 Å². The summed E-state index contributed by atoms with van der Waals surface area (Å²) in [4.78, 5) is 0.144. The maximum Gasteiger partial charge on any atom is 0.261 e. The molecular weight excluding hydrogens is 318 g/mol. The third kappa shape index (κ3) is 3.29. The first-order valence-electron chi connectivity index (χ1n) is 6.59. The Morgan fingerprint density at radius 1 is 1.04 bits per heavy atom. The monoisotopic (exact) mass is 331 g/mol. The van der Waals surface area contributed by atoms with Crippen molar-refractivity contribution >= 4 is 15.7 Å². The van der Waals surface area contributed by atoms with Crippen LogP contribution in [0.4, 0.5) is 5.69 Å². The number of aromatic nitrogens is 4. The van der Waals surface area contributed by atoms with Gasteiger partial charge >= 0.3 is 0 Å². The molecule has 9 heteroatoms. The van der Waals surface area contributed by atoms with Crippen LogP contribution in [0.3, 0.4) is 0 Å². The van der Waals surface area contributed by atoms with E-state index in [0.29, 0.717) is 17.1 Å². The smallest absolute Gasteiger partial charge is 0.261 e. The molecule has 23 heavy (non-hydrogen) atoms. The van der Waals surface area contributed by atoms with Crippen molar-refractivity contribution in [1.82, 2.24) is 20.2 Å². The van der Waals surface area contributed by atoms with Crippen LogP contribution in [0.25, 0.3) is 5.69 Å². The van der Waals surface area contributed by atoms with E-state index in [1.807, 2.05) is 0 Å². The zero-order valence-electron chi connectivity index (χ0n) is 12.1. The molecule has 0 atom stereocenters. The highest BCUT2D eigenvalue weighted by molar-refractivity contribution is 7.92. The first-order chi connectivity index (χ1) is 11.1. The minimum absolute atomic E-state index is 0.144. The lowest BCUT2D eigenvalue weighted by Gasteiger charge is -2.09. The maximum atomic E-state index is 12.4. The molecule has 0 bridgehead atoms. The molecule has 0 spiro atoms. The van der Waals surface area contributed by atoms with E-state index in [9.17, 15) is 8.42 Å². The quantitative estimate of drug-likeness (QED) is 0.760. The Bertz CT molecular complexity index is 875. The van der Waals surface area contributed by atoms with Gasteiger partial charge in [-0.25, -0.2) is 13.1 Å². The molecule has 1 N–H and O–H groups in total. The van der Waals surface area contributed by atoms with Crippen LogP contribution in [0.15, 0.2) is 59.8 Å². The second-order valence-electron chi connectivity index (χ2n) is 4.58. The molecule has 1 aromatic heterocycles. The standard InChI is InChI=1S/C14H13N5O3S/c1-22-13-6-2-11(3-7-13)16-23(20,21)14-8-4-12(5-9-14)19-10-15-17-18-19/h2-10,16H,1H3. The van der Waals surface area contributed by atoms with Crippen molar-refractivity contribution in [2.45, 2.75) is 4.90 Å². The number of anilines is 1. The van der Waals surface area contributed by atoms with Gasteiger partial charge < -0.3 is 4.74 Å². The van der Waals surface area contributed by atoms with Crippen LogP contribution in [-0.4, -0.2) is 35.7 Å². The molecule has 0 saturated heterocycles. The first kappa shape index (κ1) is 15.0. The molecule has 3 aromatic rings. The third-order valence-electron chi connectivity index (χ3n) is 3.10. The van der Waals surface area contributed by atoms with Gasteiger partial charge in [-0.05, 0) is 59.0 Å². The van der Waals surface area contributed by atoms with E-state index in [4.69, 9.17) is 4.74 Å². The molecule has 0 radical (unpaired) electrons. The number of nitrogens with one attached hydrogen (secondary N) is 1. The summed E-state index contributed by atoms with van der Waals surface area (Å²) in [5.41, 5.74) is 1.12. The van der Waals surface area contributed by atoms with E-state index in [-0.39, 0.29) is 4.90 Å². The number of sulfonamides is 1. The Kier molecular flexibility index (Phi) is 3.94. The fraction of sp³-hybridized carbons (Fsp3) is 0.0714. The Morgan fingerprint density at radius 3 is 2.30 bits per heavy atom. The normalized spacial score (nSPS) is 11.2. The van der Waals surface area contributed by atoms with Crippen LogP contribution in [0.1, 0.15) is 0 Å². The van der Waals surface area contributed by atoms with E-state index in [1.54, 1.807) is 43.5 Å². The first-order valence-corrected chi connectivity index (χ1v) is 8.07. The lowest BCUT2D eigenvalue weighted by atomic mass is 10.3. The molecule has 8 nitrogen and oxygen atoms in total. The van der Waals surface area contributed by atoms with Gasteiger partial charge in [0.2, 0.25) is 0 Å². The molecule has 0 aliphatic rings. The molecule has 0 unspecified atom stereocenters. The third-order valence-corrected chi connectivity index (χ3v) is 4.50. The van der Waals surface area contributed by atoms with E-state index in [2.05, 4.69) is 20.2 Å². The Labute approximate surface area is 132 Å². The summed E-state index contributed by atoms with van der Waals surface area (Å²) in [6.45, 7) is 0. The van der Waals surface area contributed by atoms with Crippen LogP contribution < -0.4 is 9.46 Å². The summed E-state index contributed by atoms with van der Waals surface area (Å²) in [5.74, 6) is 0.652. The van der Waals surface area contributed by atoms with Crippen molar-refractivity contribution in [2.75, 3.05) is 11.8 Å². The number of ether oxygens (including phenoxy) is 1. The van der Waals surface area contributed by atoms with Crippen LogP contribution in [0.2, 0.25) is 0 Å². The molecular formula is C14H13N5O3S. The molecule has 0 aliphatic carbocycles. The van der Waals surface area contributed by atoms with Gasteiger partial charge in [0.25, 0.3) is 10.0 Å². The van der Waals surface area contributed by atoms with Crippen LogP contribution >= 0.6 is 0 Å². The molecule has 0 amide bonds. The van der Waals surface area contributed by atoms with Gasteiger partial charge in [-0.1, -0.05) is 0 Å². The number of benzene rings is 2. The van der Waals surface area contributed by atoms with Crippen molar-refractivity contribution in [3.63, 3.8) is 0 Å². The van der Waals surface area contributed by atoms with Gasteiger partial charge in [-0.15, -0.1) is 5.10 Å². The molecule has 0 fully saturated rings. The van der Waals surface area contributed by atoms with Gasteiger partial charge in [0.05, 0.1) is 17.7 Å². The minimum Gasteiger partial charge on any atom is -0.497 e. The second-order valence-corrected chi connectivity index (χ2v) is 6.26. The predicted octanol–water partition coefficient (Wildman–Crippen LogP) is 1.47. The lowest BCUT2D eigenvalue weighted by molar-refractivity contribution is 0.415. The second kappa shape index (κ2) is 6.05. The van der Waals surface area contributed by atoms with Gasteiger partial charge in [0.1, 0.15) is 12.1 Å². The fourth-order valence-electron chi connectivity index (χ4n) is 1.93. The highest BCUT2D eigenvalue weighted by Crippen LogP contribution is 2.20. The van der Waals surface area contributed by atoms with E-state index < -0.39 is 10.0 Å². The van der Waals surface area contributed by atoms with Crippen molar-refractivity contribution < 1.29 is 13.2 Å². The lowest BCUT2D eigenvalue weighted by Crippen LogP contribution is -2.13. The number of rotatable bonds is 5. The Morgan fingerprint density at radius 2 is 1.74 bits per heavy atom. The topological polar surface area (TPSA) is 99.0 Å². The van der Waals surface area contributed by atoms with E-state index in [1.165, 1.54) is 23.1 Å². The largest absolute Gasteiger partial charge is 0.497 e. The van der Waals surface area contributed by atoms with E-state index >= 15 is 0 Å². The van der Waals surface area contributed by atoms with Crippen LogP contribution in [-0.2, 0) is 10.0 Å². The highest BCUT2D eigenvalue weighted by atomic mass is 32.2. The maximum absolute atomic E-state index is 12.4. The molecule has 1 heterocycles. The van der Waals surface area contributed by atoms with Gasteiger partial charge in [-0.2, -0.15) is 0 Å². The molecule has 118 valence electrons. The number of methoxy groups -OCH3 is 1. The number of hydrogen-bond donors (Lipinski definition) is 1. The number of nitrogens with zero attached hydrogens (tertiary/aromatic N) is 4. The fourth-order valence-corrected chi connectivity index (χ4v) is 2.99. The molecule has 0 aliphatic heterocycles. The zero-order valence-corrected chi connectivity index (χ0v) is 12.9. The Hall–Kier alpha value is -2.94. The average molecular weight is 331 g/mol. The summed E-state index contributed by atoms with van der Waals surface area (Å²) >= 11 is 0. The summed E-state index contributed by atoms with van der Waals surface area (Å²) in [7, 11) is -2.12. The van der Waals surface area contributed by atoms with Crippen LogP contribution in [0.5, 0.6) is 5.75 Å². The summed E-state index contributed by atoms with van der Waals surface area (Å²) in [6.07, 6.45) is 1.43. The summed E-state index contributed by atoms with van der Waals surface area (Å²) < 4.78 is 33.7. The van der Waals surface area contributed by atoms with E-state index in [0.717, 1.165) is 0 Å². The molecule has 2 aromatic carbocycles. The average Bonchev–Trinajstić information content (AvgIpc) is 3.10. The molecule has 3 rings (SSSR count). The zero-order chi connectivity index (χ0) is 16.3. The minimum atomic E-state index is -3.67. The van der Waals surface area contributed by atoms with Crippen molar-refractivity contribution in [3.8, 4) is 11.4 Å². The van der Waals surface area contributed by atoms with Gasteiger partial charge in [-0.3, -0.25) is 4.72 Å². The number of tetrazole rings is 1. The highest BCUT2D eigenvalue weighted by Gasteiger charge is 2.14. The van der Waals surface area contributed by atoms with Gasteiger partial charge in [0, 0.05) is 5.69 Å². The summed E-state index contributed by atoms with van der Waals surface area (Å²) in [5, 5.41) is 10.8. The summed E-state index contributed by atoms with van der Waals surface area (Å²) in [6, 6.07) is 12.8. The predicted molar refractivity (Wildman–Crippen MR) is 83.0 cm³/mol. The van der Waals surface area contributed by atoms with Crippen molar-refractivity contribution in [2.24, 2.45) is 0 Å². The Balaban J connectivity index is 1.81. The molecule has 0 saturated carbocycles. The SMILES string of the molecule is COc1ccc(NS(=O)(=O)c2ccc(-n3cnnn3)cc2)cc1. The van der Waals surface area contributed by atoms with Crippen molar-refractivity contribution in [3.05, 3.63) is 54.9 Å².